The lowest BCUT2D eigenvalue weighted by molar-refractivity contribution is 0.644. The van der Waals surface area contributed by atoms with Crippen LogP contribution in [0.3, 0.4) is 0 Å². The fourth-order valence-corrected chi connectivity index (χ4v) is 6.34. The largest absolute Gasteiger partial charge is 0.348 e. The number of nitrogens with one attached hydrogen (secondary N) is 5. The Kier molecular flexibility index (Phi) is 16.4. The molecule has 0 fully saturated rings. The average Bonchev–Trinajstić information content (AvgIpc) is 3.70. The van der Waals surface area contributed by atoms with E-state index in [1.54, 1.807) is 6.20 Å². The second-order valence-corrected chi connectivity index (χ2v) is 13.5. The molecule has 8 rings (SSSR count). The zero-order valence-corrected chi connectivity index (χ0v) is 31.0. The number of aromatic nitrogens is 2. The van der Waals surface area contributed by atoms with E-state index in [1.807, 2.05) is 36.5 Å². The summed E-state index contributed by atoms with van der Waals surface area (Å²) in [5.74, 6) is 0.956. The molecule has 51 heavy (non-hydrogen) atoms. The van der Waals surface area contributed by atoms with Crippen LogP contribution in [0.5, 0.6) is 0 Å². The molecule has 5 aromatic carbocycles. The van der Waals surface area contributed by atoms with E-state index < -0.39 is 0 Å². The lowest BCUT2D eigenvalue weighted by Crippen LogP contribution is -2.23. The van der Waals surface area contributed by atoms with Gasteiger partial charge in [-0.25, -0.2) is 4.98 Å². The van der Waals surface area contributed by atoms with Gasteiger partial charge in [-0.15, -0.1) is 25.3 Å². The van der Waals surface area contributed by atoms with Crippen LogP contribution in [0.1, 0.15) is 44.8 Å². The Morgan fingerprint density at radius 2 is 0.980 bits per heavy atom. The minimum Gasteiger partial charge on any atom is -0.348 e. The molecule has 5 N–H and O–H groups in total. The van der Waals surface area contributed by atoms with Crippen molar-refractivity contribution in [2.24, 2.45) is 0 Å². The number of rotatable bonds is 8. The standard InChI is InChI=1S/C14H15NS.C11H13N3S.2C9H11N/c16-14-8-4-7-13(9-14)11-15-10-12-5-2-1-3-6-12;15-10-3-1-2-9(6-10)7-12-8-11-13-4-5-14-11;2*1-2-4-9-7-10-6-5-8(9)3-1/h1-9,15-16H,10-11H2;1-6,12,15H,7-8H2,(H,13,14);2*1-4,10H,5-7H2. The van der Waals surface area contributed by atoms with Crippen molar-refractivity contribution in [1.29, 1.82) is 0 Å². The van der Waals surface area contributed by atoms with Gasteiger partial charge in [0, 0.05) is 54.9 Å². The first-order valence-electron chi connectivity index (χ1n) is 17.7. The first kappa shape index (κ1) is 38.1. The Morgan fingerprint density at radius 3 is 1.47 bits per heavy atom. The van der Waals surface area contributed by atoms with E-state index in [0.29, 0.717) is 0 Å². The fourth-order valence-electron chi connectivity index (χ4n) is 5.84. The van der Waals surface area contributed by atoms with Crippen LogP contribution >= 0.6 is 25.3 Å². The fraction of sp³-hybridized carbons (Fsp3) is 0.233. The van der Waals surface area contributed by atoms with Crippen molar-refractivity contribution in [3.8, 4) is 0 Å². The Balaban J connectivity index is 0.000000134. The van der Waals surface area contributed by atoms with Crippen molar-refractivity contribution < 1.29 is 0 Å². The van der Waals surface area contributed by atoms with Gasteiger partial charge in [-0.2, -0.15) is 0 Å². The van der Waals surface area contributed by atoms with Gasteiger partial charge < -0.3 is 26.3 Å². The van der Waals surface area contributed by atoms with Gasteiger partial charge in [-0.3, -0.25) is 0 Å². The second kappa shape index (κ2) is 21.9. The zero-order valence-electron chi connectivity index (χ0n) is 29.2. The number of H-pyrrole nitrogens is 1. The van der Waals surface area contributed by atoms with Gasteiger partial charge in [0.05, 0.1) is 6.54 Å². The number of aromatic amines is 1. The number of hydrogen-bond acceptors (Lipinski definition) is 7. The maximum atomic E-state index is 4.32. The molecule has 1 aromatic heterocycles. The number of nitrogens with zero attached hydrogens (tertiary/aromatic N) is 1. The van der Waals surface area contributed by atoms with E-state index in [9.17, 15) is 0 Å². The van der Waals surface area contributed by atoms with Gasteiger partial charge in [0.2, 0.25) is 0 Å². The van der Waals surface area contributed by atoms with Crippen molar-refractivity contribution in [2.75, 3.05) is 13.1 Å². The number of thiol groups is 2. The van der Waals surface area contributed by atoms with Crippen LogP contribution in [0, 0.1) is 0 Å². The molecule has 0 atom stereocenters. The Labute approximate surface area is 314 Å². The van der Waals surface area contributed by atoms with Gasteiger partial charge >= 0.3 is 0 Å². The molecule has 2 aliphatic rings. The molecule has 2 aliphatic heterocycles. The van der Waals surface area contributed by atoms with Crippen molar-refractivity contribution in [3.63, 3.8) is 0 Å². The molecule has 6 nitrogen and oxygen atoms in total. The van der Waals surface area contributed by atoms with Gasteiger partial charge in [0.15, 0.2) is 0 Å². The van der Waals surface area contributed by atoms with Crippen molar-refractivity contribution in [3.05, 3.63) is 185 Å². The van der Waals surface area contributed by atoms with Crippen molar-refractivity contribution in [1.82, 2.24) is 31.2 Å². The van der Waals surface area contributed by atoms with Gasteiger partial charge in [0.25, 0.3) is 0 Å². The summed E-state index contributed by atoms with van der Waals surface area (Å²) in [6.07, 6.45) is 5.96. The number of hydrogen-bond donors (Lipinski definition) is 7. The molecular weight excluding hydrogens is 665 g/mol. The third kappa shape index (κ3) is 14.2. The summed E-state index contributed by atoms with van der Waals surface area (Å²) in [7, 11) is 0. The second-order valence-electron chi connectivity index (χ2n) is 12.5. The summed E-state index contributed by atoms with van der Waals surface area (Å²) < 4.78 is 0. The average molecular weight is 715 g/mol. The summed E-state index contributed by atoms with van der Waals surface area (Å²) in [6, 6.07) is 44.0. The molecule has 0 radical (unpaired) electrons. The Hall–Kier alpha value is -4.15. The molecule has 0 bridgehead atoms. The molecule has 264 valence electrons. The van der Waals surface area contributed by atoms with Gasteiger partial charge in [-0.1, -0.05) is 103 Å². The summed E-state index contributed by atoms with van der Waals surface area (Å²) in [5.41, 5.74) is 9.77. The molecular formula is C43H50N6S2. The van der Waals surface area contributed by atoms with Crippen LogP contribution in [0.2, 0.25) is 0 Å². The molecule has 3 heterocycles. The van der Waals surface area contributed by atoms with E-state index in [0.717, 1.165) is 68.0 Å². The maximum Gasteiger partial charge on any atom is 0.120 e. The molecule has 6 aromatic rings. The minimum atomic E-state index is 0.754. The SMILES string of the molecule is Sc1cccc(CNCc2ccccc2)c1.Sc1cccc(CNCc2ncc[nH]2)c1.c1ccc2c(c1)CCNC2.c1ccc2c(c1)CCNC2. The number of imidazole rings is 1. The van der Waals surface area contributed by atoms with Crippen LogP contribution < -0.4 is 21.3 Å². The molecule has 0 unspecified atom stereocenters. The summed E-state index contributed by atoms with van der Waals surface area (Å²) >= 11 is 8.61. The normalized spacial score (nSPS) is 12.7. The third-order valence-corrected chi connectivity index (χ3v) is 9.06. The summed E-state index contributed by atoms with van der Waals surface area (Å²) in [4.78, 5) is 9.18. The van der Waals surface area contributed by atoms with Crippen LogP contribution in [-0.2, 0) is 52.1 Å². The van der Waals surface area contributed by atoms with E-state index in [1.165, 1.54) is 51.8 Å². The monoisotopic (exact) mass is 714 g/mol. The molecule has 0 aliphatic carbocycles. The highest BCUT2D eigenvalue weighted by atomic mass is 32.1. The van der Waals surface area contributed by atoms with Crippen LogP contribution in [-0.4, -0.2) is 23.1 Å². The smallest absolute Gasteiger partial charge is 0.120 e. The predicted octanol–water partition coefficient (Wildman–Crippen LogP) is 7.92. The van der Waals surface area contributed by atoms with Gasteiger partial charge in [-0.05, 0) is 89.1 Å². The quantitative estimate of drug-likeness (QED) is 0.0817. The van der Waals surface area contributed by atoms with E-state index in [4.69, 9.17) is 0 Å². The summed E-state index contributed by atoms with van der Waals surface area (Å²) in [5, 5.41) is 13.4. The Morgan fingerprint density at radius 1 is 0.510 bits per heavy atom. The highest BCUT2D eigenvalue weighted by Crippen LogP contribution is 2.13. The first-order valence-corrected chi connectivity index (χ1v) is 18.6. The van der Waals surface area contributed by atoms with Crippen LogP contribution in [0.4, 0.5) is 0 Å². The number of fused-ring (bicyclic) bond motifs is 2. The van der Waals surface area contributed by atoms with Crippen LogP contribution in [0.15, 0.2) is 150 Å². The summed E-state index contributed by atoms with van der Waals surface area (Å²) in [6.45, 7) is 7.74. The van der Waals surface area contributed by atoms with E-state index in [-0.39, 0.29) is 0 Å². The van der Waals surface area contributed by atoms with Crippen molar-refractivity contribution in [2.45, 2.75) is 61.9 Å². The highest BCUT2D eigenvalue weighted by molar-refractivity contribution is 7.80. The zero-order chi connectivity index (χ0) is 35.4. The lowest BCUT2D eigenvalue weighted by Gasteiger charge is -2.15. The Bertz CT molecular complexity index is 1740. The van der Waals surface area contributed by atoms with Crippen LogP contribution in [0.25, 0.3) is 0 Å². The molecule has 0 saturated heterocycles. The minimum absolute atomic E-state index is 0.754. The lowest BCUT2D eigenvalue weighted by atomic mass is 10.0. The number of benzene rings is 5. The highest BCUT2D eigenvalue weighted by Gasteiger charge is 2.06. The molecule has 0 saturated carbocycles. The van der Waals surface area contributed by atoms with Crippen molar-refractivity contribution >= 4 is 25.3 Å². The van der Waals surface area contributed by atoms with E-state index in [2.05, 4.69) is 154 Å². The molecule has 0 spiro atoms. The third-order valence-electron chi connectivity index (χ3n) is 8.51. The van der Waals surface area contributed by atoms with E-state index >= 15 is 0 Å². The van der Waals surface area contributed by atoms with Gasteiger partial charge in [0.1, 0.15) is 5.82 Å². The predicted molar refractivity (Wildman–Crippen MR) is 217 cm³/mol. The molecule has 0 amide bonds. The maximum absolute atomic E-state index is 4.32. The molecule has 8 heteroatoms. The topological polar surface area (TPSA) is 76.8 Å². The first-order chi connectivity index (χ1) is 25.1.